The molecule has 0 radical (unpaired) electrons. The number of anilines is 1. The molecule has 24 heavy (non-hydrogen) atoms. The van der Waals surface area contributed by atoms with Gasteiger partial charge in [-0.15, -0.1) is 11.3 Å². The van der Waals surface area contributed by atoms with Crippen LogP contribution in [0.2, 0.25) is 0 Å². The fourth-order valence-corrected chi connectivity index (χ4v) is 3.89. The molecule has 0 atom stereocenters. The average Bonchev–Trinajstić information content (AvgIpc) is 3.21. The van der Waals surface area contributed by atoms with Gasteiger partial charge >= 0.3 is 0 Å². The summed E-state index contributed by atoms with van der Waals surface area (Å²) in [7, 11) is 0. The first-order valence-electron chi connectivity index (χ1n) is 7.30. The molecule has 0 saturated heterocycles. The number of amides is 1. The van der Waals surface area contributed by atoms with Gasteiger partial charge in [0.15, 0.2) is 5.13 Å². The van der Waals surface area contributed by atoms with Crippen LogP contribution in [0.1, 0.15) is 10.4 Å². The quantitative estimate of drug-likeness (QED) is 0.429. The molecule has 0 fully saturated rings. The zero-order chi connectivity index (χ0) is 16.5. The summed E-state index contributed by atoms with van der Waals surface area (Å²) in [6.45, 7) is 0. The second-order valence-corrected chi connectivity index (χ2v) is 7.24. The van der Waals surface area contributed by atoms with Crippen LogP contribution in [0.5, 0.6) is 0 Å². The van der Waals surface area contributed by atoms with Crippen LogP contribution in [0.15, 0.2) is 60.1 Å². The molecule has 2 heterocycles. The van der Waals surface area contributed by atoms with Crippen molar-refractivity contribution in [3.63, 3.8) is 0 Å². The Balaban J connectivity index is 1.61. The number of carbonyl (C=O) groups excluding carboxylic acids is 1. The Morgan fingerprint density at radius 2 is 1.92 bits per heavy atom. The highest BCUT2D eigenvalue weighted by atomic mass is 127. The van der Waals surface area contributed by atoms with Crippen LogP contribution >= 0.6 is 33.9 Å². The van der Waals surface area contributed by atoms with Crippen molar-refractivity contribution in [3.8, 4) is 11.3 Å². The Kier molecular flexibility index (Phi) is 4.07. The van der Waals surface area contributed by atoms with E-state index in [1.54, 1.807) is 0 Å². The van der Waals surface area contributed by atoms with Crippen molar-refractivity contribution in [2.75, 3.05) is 5.32 Å². The van der Waals surface area contributed by atoms with Gasteiger partial charge in [0.25, 0.3) is 5.91 Å². The summed E-state index contributed by atoms with van der Waals surface area (Å²) in [5.41, 5.74) is 3.62. The van der Waals surface area contributed by atoms with Gasteiger partial charge in [0.05, 0.1) is 11.3 Å². The molecule has 4 nitrogen and oxygen atoms in total. The average molecular weight is 445 g/mol. The second kappa shape index (κ2) is 6.37. The summed E-state index contributed by atoms with van der Waals surface area (Å²) in [5.74, 6) is -0.139. The number of halogens is 1. The van der Waals surface area contributed by atoms with Crippen molar-refractivity contribution in [3.05, 3.63) is 69.2 Å². The Morgan fingerprint density at radius 3 is 2.79 bits per heavy atom. The van der Waals surface area contributed by atoms with E-state index in [9.17, 15) is 4.79 Å². The molecule has 0 saturated carbocycles. The second-order valence-electron chi connectivity index (χ2n) is 5.22. The summed E-state index contributed by atoms with van der Waals surface area (Å²) in [4.78, 5) is 20.2. The molecule has 0 unspecified atom stereocenters. The van der Waals surface area contributed by atoms with Crippen LogP contribution in [-0.2, 0) is 0 Å². The number of aromatic nitrogens is 2. The van der Waals surface area contributed by atoms with Gasteiger partial charge in [-0.2, -0.15) is 0 Å². The van der Waals surface area contributed by atoms with Gasteiger partial charge in [0, 0.05) is 31.6 Å². The molecule has 4 rings (SSSR count). The standard InChI is InChI=1S/C18H12IN3OS/c19-14-7-3-1-6-12(14)17(23)22-18-21-16(10-24-18)13-9-20-15-8-4-2-5-11(13)15/h1-10,20H,(H,21,22,23). The van der Waals surface area contributed by atoms with Crippen molar-refractivity contribution < 1.29 is 4.79 Å². The highest BCUT2D eigenvalue weighted by Gasteiger charge is 2.13. The van der Waals surface area contributed by atoms with E-state index in [0.29, 0.717) is 10.7 Å². The third-order valence-corrected chi connectivity index (χ3v) is 5.41. The van der Waals surface area contributed by atoms with Crippen LogP contribution in [0, 0.1) is 3.57 Å². The lowest BCUT2D eigenvalue weighted by molar-refractivity contribution is 0.102. The van der Waals surface area contributed by atoms with Crippen LogP contribution in [0.25, 0.3) is 22.2 Å². The van der Waals surface area contributed by atoms with Gasteiger partial charge in [0.2, 0.25) is 0 Å². The van der Waals surface area contributed by atoms with Gasteiger partial charge in [-0.05, 0) is 40.8 Å². The molecule has 0 bridgehead atoms. The van der Waals surface area contributed by atoms with Gasteiger partial charge in [0.1, 0.15) is 0 Å². The number of hydrogen-bond acceptors (Lipinski definition) is 3. The largest absolute Gasteiger partial charge is 0.360 e. The molecule has 1 amide bonds. The normalized spacial score (nSPS) is 10.9. The van der Waals surface area contributed by atoms with Crippen LogP contribution in [0.3, 0.4) is 0 Å². The van der Waals surface area contributed by atoms with E-state index < -0.39 is 0 Å². The molecule has 0 aliphatic carbocycles. The predicted octanol–water partition coefficient (Wildman–Crippen LogP) is 5.15. The Bertz CT molecular complexity index is 1040. The maximum Gasteiger partial charge on any atom is 0.258 e. The summed E-state index contributed by atoms with van der Waals surface area (Å²) < 4.78 is 0.918. The zero-order valence-corrected chi connectivity index (χ0v) is 15.4. The number of rotatable bonds is 3. The van der Waals surface area contributed by atoms with Crippen molar-refractivity contribution in [1.29, 1.82) is 0 Å². The number of thiazole rings is 1. The molecule has 0 spiro atoms. The van der Waals surface area contributed by atoms with Gasteiger partial charge in [-0.3, -0.25) is 10.1 Å². The SMILES string of the molecule is O=C(Nc1nc(-c2c[nH]c3ccccc23)cs1)c1ccccc1I. The van der Waals surface area contributed by atoms with Crippen molar-refractivity contribution in [2.24, 2.45) is 0 Å². The Labute approximate surface area is 156 Å². The third kappa shape index (κ3) is 2.83. The number of para-hydroxylation sites is 1. The van der Waals surface area contributed by atoms with E-state index in [1.807, 2.05) is 54.0 Å². The molecule has 0 aliphatic rings. The van der Waals surface area contributed by atoms with Crippen LogP contribution < -0.4 is 5.32 Å². The summed E-state index contributed by atoms with van der Waals surface area (Å²) >= 11 is 3.59. The number of hydrogen-bond donors (Lipinski definition) is 2. The minimum absolute atomic E-state index is 0.139. The molecule has 4 aromatic rings. The lowest BCUT2D eigenvalue weighted by Gasteiger charge is -2.03. The predicted molar refractivity (Wildman–Crippen MR) is 107 cm³/mol. The highest BCUT2D eigenvalue weighted by Crippen LogP contribution is 2.31. The molecule has 2 aromatic heterocycles. The smallest absolute Gasteiger partial charge is 0.258 e. The molecule has 2 N–H and O–H groups in total. The minimum atomic E-state index is -0.139. The number of fused-ring (bicyclic) bond motifs is 1. The molecule has 2 aromatic carbocycles. The molecule has 6 heteroatoms. The number of benzene rings is 2. The lowest BCUT2D eigenvalue weighted by Crippen LogP contribution is -2.13. The Morgan fingerprint density at radius 1 is 1.12 bits per heavy atom. The summed E-state index contributed by atoms with van der Waals surface area (Å²) in [5, 5.41) is 6.56. The van der Waals surface area contributed by atoms with Crippen molar-refractivity contribution in [1.82, 2.24) is 9.97 Å². The molecular formula is C18H12IN3OS. The van der Waals surface area contributed by atoms with Crippen LogP contribution in [0.4, 0.5) is 5.13 Å². The van der Waals surface area contributed by atoms with E-state index >= 15 is 0 Å². The fourth-order valence-electron chi connectivity index (χ4n) is 2.55. The van der Waals surface area contributed by atoms with Gasteiger partial charge in [-0.25, -0.2) is 4.98 Å². The van der Waals surface area contributed by atoms with E-state index in [4.69, 9.17) is 0 Å². The first-order valence-corrected chi connectivity index (χ1v) is 9.26. The lowest BCUT2D eigenvalue weighted by atomic mass is 10.1. The highest BCUT2D eigenvalue weighted by molar-refractivity contribution is 14.1. The molecular weight excluding hydrogens is 433 g/mol. The maximum atomic E-state index is 12.4. The fraction of sp³-hybridized carbons (Fsp3) is 0. The summed E-state index contributed by atoms with van der Waals surface area (Å²) in [6, 6.07) is 15.6. The monoisotopic (exact) mass is 445 g/mol. The first kappa shape index (κ1) is 15.3. The van der Waals surface area contributed by atoms with E-state index in [2.05, 4.69) is 43.9 Å². The number of nitrogens with zero attached hydrogens (tertiary/aromatic N) is 1. The third-order valence-electron chi connectivity index (χ3n) is 3.71. The number of nitrogens with one attached hydrogen (secondary N) is 2. The molecule has 118 valence electrons. The topological polar surface area (TPSA) is 57.8 Å². The van der Waals surface area contributed by atoms with Crippen molar-refractivity contribution >= 4 is 55.9 Å². The molecule has 0 aliphatic heterocycles. The zero-order valence-electron chi connectivity index (χ0n) is 12.4. The minimum Gasteiger partial charge on any atom is -0.360 e. The van der Waals surface area contributed by atoms with Gasteiger partial charge in [-0.1, -0.05) is 30.3 Å². The number of carbonyl (C=O) groups is 1. The maximum absolute atomic E-state index is 12.4. The number of aromatic amines is 1. The van der Waals surface area contributed by atoms with Crippen LogP contribution in [-0.4, -0.2) is 15.9 Å². The van der Waals surface area contributed by atoms with E-state index in [1.165, 1.54) is 11.3 Å². The van der Waals surface area contributed by atoms with E-state index in [0.717, 1.165) is 25.7 Å². The van der Waals surface area contributed by atoms with Crippen molar-refractivity contribution in [2.45, 2.75) is 0 Å². The summed E-state index contributed by atoms with van der Waals surface area (Å²) in [6.07, 6.45) is 1.95. The Hall–Kier alpha value is -2.19. The van der Waals surface area contributed by atoms with Gasteiger partial charge < -0.3 is 4.98 Å². The number of H-pyrrole nitrogens is 1. The van der Waals surface area contributed by atoms with E-state index in [-0.39, 0.29) is 5.91 Å². The first-order chi connectivity index (χ1) is 11.7.